The molecule has 1 rings (SSSR count). The Morgan fingerprint density at radius 3 is 2.40 bits per heavy atom. The molecule has 15 heavy (non-hydrogen) atoms. The highest BCUT2D eigenvalue weighted by Crippen LogP contribution is 2.33. The summed E-state index contributed by atoms with van der Waals surface area (Å²) in [5.74, 6) is 0. The fourth-order valence-corrected chi connectivity index (χ4v) is 3.31. The molecule has 0 spiro atoms. The maximum Gasteiger partial charge on any atom is 0.0771 e. The van der Waals surface area contributed by atoms with Crippen LogP contribution in [0.4, 0.5) is 0 Å². The summed E-state index contributed by atoms with van der Waals surface area (Å²) in [6.45, 7) is 3.25. The first-order valence-corrected chi connectivity index (χ1v) is 8.05. The van der Waals surface area contributed by atoms with Gasteiger partial charge in [-0.25, -0.2) is 0 Å². The molecule has 0 amide bonds. The second-order valence-electron chi connectivity index (χ2n) is 4.79. The lowest BCUT2D eigenvalue weighted by Gasteiger charge is -2.35. The first kappa shape index (κ1) is 13.8. The quantitative estimate of drug-likeness (QED) is 0.374. The lowest BCUT2D eigenvalue weighted by atomic mass is 9.86. The molecule has 0 radical (unpaired) electrons. The van der Waals surface area contributed by atoms with Gasteiger partial charge in [-0.3, -0.25) is 0 Å². The van der Waals surface area contributed by atoms with E-state index in [0.29, 0.717) is 0 Å². The van der Waals surface area contributed by atoms with Gasteiger partial charge >= 0.3 is 0 Å². The summed E-state index contributed by atoms with van der Waals surface area (Å²) >= 11 is 2.50. The molecule has 0 aliphatic heterocycles. The van der Waals surface area contributed by atoms with Crippen LogP contribution in [0.2, 0.25) is 0 Å². The Morgan fingerprint density at radius 1 is 1.07 bits per heavy atom. The summed E-state index contributed by atoms with van der Waals surface area (Å²) in [6, 6.07) is 0. The van der Waals surface area contributed by atoms with Crippen LogP contribution in [0.25, 0.3) is 0 Å². The molecule has 0 aromatic carbocycles. The lowest BCUT2D eigenvalue weighted by Crippen LogP contribution is -2.37. The molecule has 0 saturated heterocycles. The molecule has 0 bridgehead atoms. The van der Waals surface area contributed by atoms with Gasteiger partial charge in [-0.15, -0.1) is 0 Å². The van der Waals surface area contributed by atoms with Crippen molar-refractivity contribution in [3.63, 3.8) is 0 Å². The van der Waals surface area contributed by atoms with Gasteiger partial charge in [0.15, 0.2) is 0 Å². The van der Waals surface area contributed by atoms with Gasteiger partial charge < -0.3 is 4.74 Å². The second-order valence-corrected chi connectivity index (χ2v) is 5.55. The molecule has 0 aromatic rings. The van der Waals surface area contributed by atoms with Crippen LogP contribution in [0, 0.1) is 0 Å². The molecule has 1 aliphatic rings. The van der Waals surface area contributed by atoms with Gasteiger partial charge in [0.2, 0.25) is 0 Å². The Kier molecular flexibility index (Phi) is 7.23. The normalized spacial score (nSPS) is 20.4. The van der Waals surface area contributed by atoms with Crippen LogP contribution in [0.5, 0.6) is 0 Å². The van der Waals surface area contributed by atoms with E-state index in [1.807, 2.05) is 0 Å². The molecule has 90 valence electrons. The maximum absolute atomic E-state index is 6.16. The predicted molar refractivity (Wildman–Crippen MR) is 74.8 cm³/mol. The molecule has 0 N–H and O–H groups in total. The van der Waals surface area contributed by atoms with Crippen molar-refractivity contribution in [1.82, 2.24) is 0 Å². The first-order valence-electron chi connectivity index (χ1n) is 6.53. The summed E-state index contributed by atoms with van der Waals surface area (Å²) in [6.07, 6.45) is 12.0. The van der Waals surface area contributed by atoms with Crippen LogP contribution in [0.3, 0.4) is 0 Å². The zero-order chi connectivity index (χ0) is 11.0. The second kappa shape index (κ2) is 7.88. The van der Waals surface area contributed by atoms with Gasteiger partial charge in [-0.2, -0.15) is 0 Å². The molecule has 0 unspecified atom stereocenters. The smallest absolute Gasteiger partial charge is 0.0771 e. The van der Waals surface area contributed by atoms with Gasteiger partial charge in [0, 0.05) is 11.0 Å². The highest BCUT2D eigenvalue weighted by Gasteiger charge is 2.31. The summed E-state index contributed by atoms with van der Waals surface area (Å²) in [5, 5.41) is 0. The van der Waals surface area contributed by atoms with Crippen molar-refractivity contribution in [2.45, 2.75) is 70.3 Å². The van der Waals surface area contributed by atoms with Gasteiger partial charge in [-0.1, -0.05) is 68.0 Å². The fourth-order valence-electron chi connectivity index (χ4n) is 2.33. The Balaban J connectivity index is 2.15. The number of unbranched alkanes of at least 4 members (excludes halogenated alkanes) is 3. The SMILES string of the molecule is CCCCCCOC1(CI)CCCCC1. The van der Waals surface area contributed by atoms with Crippen molar-refractivity contribution in [3.05, 3.63) is 0 Å². The average molecular weight is 324 g/mol. The van der Waals surface area contributed by atoms with Gasteiger partial charge in [0.1, 0.15) is 0 Å². The number of rotatable bonds is 7. The average Bonchev–Trinajstić information content (AvgIpc) is 2.30. The van der Waals surface area contributed by atoms with E-state index in [1.165, 1.54) is 62.2 Å². The standard InChI is InChI=1S/C13H25IO/c1-2-3-4-8-11-15-13(12-14)9-6-5-7-10-13/h2-12H2,1H3. The van der Waals surface area contributed by atoms with Gasteiger partial charge in [0.05, 0.1) is 5.60 Å². The van der Waals surface area contributed by atoms with Crippen molar-refractivity contribution in [3.8, 4) is 0 Å². The van der Waals surface area contributed by atoms with E-state index in [2.05, 4.69) is 29.5 Å². The highest BCUT2D eigenvalue weighted by atomic mass is 127. The third-order valence-corrected chi connectivity index (χ3v) is 4.80. The van der Waals surface area contributed by atoms with E-state index in [9.17, 15) is 0 Å². The molecular formula is C13H25IO. The molecule has 0 atom stereocenters. The summed E-state index contributed by atoms with van der Waals surface area (Å²) in [5.41, 5.74) is 0.255. The monoisotopic (exact) mass is 324 g/mol. The Hall–Kier alpha value is 0.690. The Labute approximate surface area is 108 Å². The highest BCUT2D eigenvalue weighted by molar-refractivity contribution is 14.1. The lowest BCUT2D eigenvalue weighted by molar-refractivity contribution is -0.0515. The van der Waals surface area contributed by atoms with Crippen molar-refractivity contribution >= 4 is 22.6 Å². The van der Waals surface area contributed by atoms with Crippen LogP contribution >= 0.6 is 22.6 Å². The molecule has 1 saturated carbocycles. The van der Waals surface area contributed by atoms with E-state index in [0.717, 1.165) is 6.61 Å². The Bertz CT molecular complexity index is 153. The summed E-state index contributed by atoms with van der Waals surface area (Å²) in [7, 11) is 0. The summed E-state index contributed by atoms with van der Waals surface area (Å²) in [4.78, 5) is 0. The van der Waals surface area contributed by atoms with Crippen molar-refractivity contribution in [2.75, 3.05) is 11.0 Å². The van der Waals surface area contributed by atoms with Crippen LogP contribution in [-0.2, 0) is 4.74 Å². The van der Waals surface area contributed by atoms with Crippen LogP contribution in [-0.4, -0.2) is 16.6 Å². The number of alkyl halides is 1. The number of hydrogen-bond donors (Lipinski definition) is 0. The minimum absolute atomic E-state index is 0.255. The van der Waals surface area contributed by atoms with Crippen LogP contribution < -0.4 is 0 Å². The topological polar surface area (TPSA) is 9.23 Å². The first-order chi connectivity index (χ1) is 7.33. The third-order valence-electron chi connectivity index (χ3n) is 3.41. The zero-order valence-corrected chi connectivity index (χ0v) is 12.2. The predicted octanol–water partition coefficient (Wildman–Crippen LogP) is 4.72. The van der Waals surface area contributed by atoms with E-state index in [4.69, 9.17) is 4.74 Å². The fraction of sp³-hybridized carbons (Fsp3) is 1.00. The van der Waals surface area contributed by atoms with Crippen LogP contribution in [0.1, 0.15) is 64.7 Å². The van der Waals surface area contributed by atoms with Crippen molar-refractivity contribution < 1.29 is 4.74 Å². The number of hydrogen-bond acceptors (Lipinski definition) is 1. The number of halogens is 1. The van der Waals surface area contributed by atoms with E-state index < -0.39 is 0 Å². The third kappa shape index (κ3) is 5.03. The van der Waals surface area contributed by atoms with Crippen molar-refractivity contribution in [1.29, 1.82) is 0 Å². The zero-order valence-electron chi connectivity index (χ0n) is 10.1. The molecule has 0 aromatic heterocycles. The molecule has 1 aliphatic carbocycles. The van der Waals surface area contributed by atoms with E-state index in [-0.39, 0.29) is 5.60 Å². The maximum atomic E-state index is 6.16. The molecule has 0 heterocycles. The largest absolute Gasteiger partial charge is 0.374 e. The van der Waals surface area contributed by atoms with Gasteiger partial charge in [-0.05, 0) is 19.3 Å². The minimum atomic E-state index is 0.255. The molecular weight excluding hydrogens is 299 g/mol. The van der Waals surface area contributed by atoms with E-state index in [1.54, 1.807) is 0 Å². The molecule has 1 nitrogen and oxygen atoms in total. The van der Waals surface area contributed by atoms with E-state index >= 15 is 0 Å². The van der Waals surface area contributed by atoms with Gasteiger partial charge in [0.25, 0.3) is 0 Å². The summed E-state index contributed by atoms with van der Waals surface area (Å²) < 4.78 is 7.34. The minimum Gasteiger partial charge on any atom is -0.374 e. The molecule has 2 heteroatoms. The molecule has 1 fully saturated rings. The Morgan fingerprint density at radius 2 is 1.80 bits per heavy atom. The van der Waals surface area contributed by atoms with Crippen LogP contribution in [0.15, 0.2) is 0 Å². The van der Waals surface area contributed by atoms with Crippen molar-refractivity contribution in [2.24, 2.45) is 0 Å². The number of ether oxygens (including phenoxy) is 1.